The van der Waals surface area contributed by atoms with Gasteiger partial charge in [0.1, 0.15) is 5.69 Å². The third kappa shape index (κ3) is 4.07. The number of amides is 2. The number of hydrogen-bond donors (Lipinski definition) is 3. The number of carbonyl (C=O) groups excluding carboxylic acids is 1. The Hall–Kier alpha value is -3.71. The van der Waals surface area contributed by atoms with Crippen molar-refractivity contribution in [1.29, 1.82) is 0 Å². The van der Waals surface area contributed by atoms with Gasteiger partial charge >= 0.3 is 6.03 Å². The molecule has 1 unspecified atom stereocenters. The lowest BCUT2D eigenvalue weighted by atomic mass is 10.0. The first kappa shape index (κ1) is 20.2. The lowest BCUT2D eigenvalue weighted by Gasteiger charge is -2.33. The van der Waals surface area contributed by atoms with Crippen molar-refractivity contribution in [3.05, 3.63) is 78.1 Å². The van der Waals surface area contributed by atoms with Crippen LogP contribution in [0.15, 0.2) is 66.9 Å². The highest BCUT2D eigenvalue weighted by Gasteiger charge is 2.31. The fourth-order valence-electron chi connectivity index (χ4n) is 4.30. The average molecular weight is 427 g/mol. The first-order valence-corrected chi connectivity index (χ1v) is 10.9. The van der Waals surface area contributed by atoms with Gasteiger partial charge in [0.15, 0.2) is 0 Å². The summed E-state index contributed by atoms with van der Waals surface area (Å²) >= 11 is 0. The molecular weight excluding hydrogens is 400 g/mol. The summed E-state index contributed by atoms with van der Waals surface area (Å²) in [5.41, 5.74) is 5.83. The van der Waals surface area contributed by atoms with Gasteiger partial charge in [0.25, 0.3) is 0 Å². The Morgan fingerprint density at radius 2 is 1.84 bits per heavy atom. The van der Waals surface area contributed by atoms with E-state index in [0.29, 0.717) is 6.54 Å². The van der Waals surface area contributed by atoms with Crippen LogP contribution < -0.4 is 10.6 Å². The van der Waals surface area contributed by atoms with E-state index in [9.17, 15) is 4.79 Å². The van der Waals surface area contributed by atoms with Crippen LogP contribution in [0, 0.1) is 6.92 Å². The summed E-state index contributed by atoms with van der Waals surface area (Å²) < 4.78 is 0. The summed E-state index contributed by atoms with van der Waals surface area (Å²) in [6.07, 6.45) is 2.80. The number of rotatable bonds is 2. The van der Waals surface area contributed by atoms with Crippen molar-refractivity contribution in [3.63, 3.8) is 0 Å². The van der Waals surface area contributed by atoms with Gasteiger partial charge in [0, 0.05) is 47.7 Å². The first-order valence-electron chi connectivity index (χ1n) is 10.9. The minimum absolute atomic E-state index is 0.0185. The normalized spacial score (nSPS) is 17.5. The van der Waals surface area contributed by atoms with Gasteiger partial charge in [0.2, 0.25) is 0 Å². The van der Waals surface area contributed by atoms with Crippen molar-refractivity contribution < 1.29 is 4.79 Å². The minimum atomic E-state index is -0.0185. The van der Waals surface area contributed by atoms with Crippen molar-refractivity contribution in [1.82, 2.24) is 25.4 Å². The number of carbonyl (C=O) groups is 1. The zero-order chi connectivity index (χ0) is 21.9. The number of fused-ring (bicyclic) bond motifs is 2. The second-order valence-electron chi connectivity index (χ2n) is 8.17. The number of aryl methyl sites for hydroxylation is 1. The van der Waals surface area contributed by atoms with Crippen LogP contribution in [-0.4, -0.2) is 45.2 Å². The molecule has 2 aromatic carbocycles. The molecular formula is C25H26N6O. The van der Waals surface area contributed by atoms with Gasteiger partial charge in [-0.25, -0.2) is 4.79 Å². The van der Waals surface area contributed by atoms with Gasteiger partial charge in [-0.2, -0.15) is 5.10 Å². The molecule has 0 saturated carbocycles. The van der Waals surface area contributed by atoms with E-state index in [1.807, 2.05) is 66.4 Å². The monoisotopic (exact) mass is 426 g/mol. The number of aromatic nitrogens is 3. The molecule has 7 heteroatoms. The van der Waals surface area contributed by atoms with E-state index in [1.165, 1.54) is 0 Å². The maximum Gasteiger partial charge on any atom is 0.322 e. The molecule has 6 rings (SSSR count). The van der Waals surface area contributed by atoms with Gasteiger partial charge in [-0.05, 0) is 49.7 Å². The first-order chi connectivity index (χ1) is 15.7. The van der Waals surface area contributed by atoms with Crippen LogP contribution >= 0.6 is 0 Å². The second kappa shape index (κ2) is 8.80. The third-order valence-corrected chi connectivity index (χ3v) is 5.94. The molecule has 4 heterocycles. The maximum absolute atomic E-state index is 12.5. The molecule has 1 fully saturated rings. The second-order valence-corrected chi connectivity index (χ2v) is 8.17. The van der Waals surface area contributed by atoms with Crippen LogP contribution in [0.4, 0.5) is 10.5 Å². The van der Waals surface area contributed by atoms with Crippen LogP contribution in [0.2, 0.25) is 0 Å². The fourth-order valence-corrected chi connectivity index (χ4v) is 4.30. The van der Waals surface area contributed by atoms with E-state index in [2.05, 4.69) is 31.9 Å². The topological polar surface area (TPSA) is 85.9 Å². The zero-order valence-electron chi connectivity index (χ0n) is 18.0. The smallest absolute Gasteiger partial charge is 0.316 e. The predicted molar refractivity (Wildman–Crippen MR) is 126 cm³/mol. The fraction of sp³-hybridized carbons (Fsp3) is 0.240. The van der Waals surface area contributed by atoms with E-state index in [4.69, 9.17) is 0 Å². The molecule has 2 aliphatic rings. The number of pyridine rings is 1. The molecule has 1 atom stereocenters. The third-order valence-electron chi connectivity index (χ3n) is 5.94. The Balaban J connectivity index is 0.000000314. The van der Waals surface area contributed by atoms with E-state index in [1.54, 1.807) is 6.20 Å². The Kier molecular flexibility index (Phi) is 5.56. The largest absolute Gasteiger partial charge is 0.322 e. The molecule has 32 heavy (non-hydrogen) atoms. The molecule has 2 aromatic heterocycles. The highest BCUT2D eigenvalue weighted by molar-refractivity contribution is 6.00. The highest BCUT2D eigenvalue weighted by Crippen LogP contribution is 2.34. The molecule has 2 amide bonds. The summed E-state index contributed by atoms with van der Waals surface area (Å²) in [5, 5.41) is 15.0. The molecule has 162 valence electrons. The van der Waals surface area contributed by atoms with Gasteiger partial charge < -0.3 is 15.5 Å². The van der Waals surface area contributed by atoms with E-state index in [-0.39, 0.29) is 12.1 Å². The quantitative estimate of drug-likeness (QED) is 0.445. The summed E-state index contributed by atoms with van der Waals surface area (Å²) in [4.78, 5) is 18.7. The van der Waals surface area contributed by atoms with Crippen LogP contribution in [0.25, 0.3) is 22.2 Å². The molecule has 0 spiro atoms. The number of benzene rings is 2. The van der Waals surface area contributed by atoms with Gasteiger partial charge in [0.05, 0.1) is 5.52 Å². The Morgan fingerprint density at radius 3 is 2.53 bits per heavy atom. The summed E-state index contributed by atoms with van der Waals surface area (Å²) in [6.45, 7) is 4.43. The predicted octanol–water partition coefficient (Wildman–Crippen LogP) is 4.33. The molecule has 2 aliphatic heterocycles. The molecule has 1 saturated heterocycles. The Bertz CT molecular complexity index is 1200. The van der Waals surface area contributed by atoms with Crippen molar-refractivity contribution in [2.45, 2.75) is 25.9 Å². The lowest BCUT2D eigenvalue weighted by molar-refractivity contribution is 0.186. The van der Waals surface area contributed by atoms with Crippen molar-refractivity contribution >= 4 is 22.6 Å². The molecule has 0 aliphatic carbocycles. The van der Waals surface area contributed by atoms with Gasteiger partial charge in [-0.1, -0.05) is 36.4 Å². The zero-order valence-corrected chi connectivity index (χ0v) is 18.0. The van der Waals surface area contributed by atoms with E-state index >= 15 is 0 Å². The van der Waals surface area contributed by atoms with Crippen LogP contribution in [0.5, 0.6) is 0 Å². The summed E-state index contributed by atoms with van der Waals surface area (Å²) in [5.74, 6) is 0. The number of H-pyrrole nitrogens is 1. The van der Waals surface area contributed by atoms with Crippen LogP contribution in [0.1, 0.15) is 17.7 Å². The number of hydrogen-bond acceptors (Lipinski definition) is 4. The summed E-state index contributed by atoms with van der Waals surface area (Å²) in [6, 6.07) is 20.4. The molecule has 0 bridgehead atoms. The maximum atomic E-state index is 12.5. The number of urea groups is 1. The number of aromatic amines is 1. The number of nitrogens with zero attached hydrogens (tertiary/aromatic N) is 3. The van der Waals surface area contributed by atoms with Crippen LogP contribution in [-0.2, 0) is 6.54 Å². The number of anilines is 1. The standard InChI is InChI=1S/C19H20N6O.C6H6/c1-11-6-12(2-5-21-11)18-15-7-13-10-25(14-3-4-20-9-14)19(26)22-16(13)8-17(15)23-24-18;1-2-4-6-5-3-1/h2,5-8,14,20H,3-4,9-10H2,1H3,(H,22,26)(H,23,24);1-6H. The molecule has 7 nitrogen and oxygen atoms in total. The number of nitrogens with one attached hydrogen (secondary N) is 3. The lowest BCUT2D eigenvalue weighted by Crippen LogP contribution is -2.46. The SMILES string of the molecule is Cc1cc(-c2n[nH]c3cc4c(cc23)CN(C2CCNC2)C(=O)N4)ccn1.c1ccccc1. The van der Waals surface area contributed by atoms with Crippen LogP contribution in [0.3, 0.4) is 0 Å². The van der Waals surface area contributed by atoms with Crippen molar-refractivity contribution in [3.8, 4) is 11.3 Å². The van der Waals surface area contributed by atoms with Gasteiger partial charge in [-0.15, -0.1) is 0 Å². The molecule has 0 radical (unpaired) electrons. The molecule has 3 N–H and O–H groups in total. The molecule has 4 aromatic rings. The van der Waals surface area contributed by atoms with Crippen molar-refractivity contribution in [2.24, 2.45) is 0 Å². The van der Waals surface area contributed by atoms with E-state index in [0.717, 1.165) is 58.6 Å². The Labute approximate surface area is 186 Å². The minimum Gasteiger partial charge on any atom is -0.316 e. The Morgan fingerprint density at radius 1 is 1.06 bits per heavy atom. The van der Waals surface area contributed by atoms with Crippen molar-refractivity contribution in [2.75, 3.05) is 18.4 Å². The summed E-state index contributed by atoms with van der Waals surface area (Å²) in [7, 11) is 0. The highest BCUT2D eigenvalue weighted by atomic mass is 16.2. The average Bonchev–Trinajstić information content (AvgIpc) is 3.49. The van der Waals surface area contributed by atoms with E-state index < -0.39 is 0 Å². The van der Waals surface area contributed by atoms with Gasteiger partial charge in [-0.3, -0.25) is 10.1 Å².